The molecule has 1 fully saturated rings. The van der Waals surface area contributed by atoms with Gasteiger partial charge in [-0.3, -0.25) is 4.90 Å². The number of imidazole rings is 1. The highest BCUT2D eigenvalue weighted by atomic mass is 35.5. The Bertz CT molecular complexity index is 628. The summed E-state index contributed by atoms with van der Waals surface area (Å²) in [6.07, 6.45) is 0. The maximum Gasteiger partial charge on any atom is 0.178 e. The Hall–Kier alpha value is -0.490. The van der Waals surface area contributed by atoms with Gasteiger partial charge >= 0.3 is 0 Å². The van der Waals surface area contributed by atoms with Crippen molar-refractivity contribution in [1.29, 1.82) is 0 Å². The largest absolute Gasteiger partial charge is 0.331 e. The number of aromatic nitrogens is 2. The monoisotopic (exact) mass is 313 g/mol. The predicted molar refractivity (Wildman–Crippen MR) is 85.9 cm³/mol. The zero-order valence-corrected chi connectivity index (χ0v) is 13.0. The second kappa shape index (κ2) is 5.87. The highest BCUT2D eigenvalue weighted by Crippen LogP contribution is 2.19. The summed E-state index contributed by atoms with van der Waals surface area (Å²) in [5.74, 6) is 2.48. The number of nitrogens with one attached hydrogen (secondary N) is 1. The van der Waals surface area contributed by atoms with E-state index in [1.165, 1.54) is 24.6 Å². The first kappa shape index (κ1) is 13.5. The lowest BCUT2D eigenvalue weighted by Crippen LogP contribution is -2.35. The third-order valence-corrected chi connectivity index (χ3v) is 4.98. The minimum atomic E-state index is 0.754. The summed E-state index contributed by atoms with van der Waals surface area (Å²) in [5, 5.41) is 0.754. The number of fused-ring (bicyclic) bond motifs is 1. The zero-order chi connectivity index (χ0) is 13.2. The van der Waals surface area contributed by atoms with Crippen LogP contribution in [0.1, 0.15) is 0 Å². The normalized spacial score (nSPS) is 17.1. The SMILES string of the molecule is S=c1[nH]c2ccc(Cl)cc2n1CCN1CCSCC1. The predicted octanol–water partition coefficient (Wildman–Crippen LogP) is 3.40. The van der Waals surface area contributed by atoms with E-state index in [0.29, 0.717) is 0 Å². The molecular weight excluding hydrogens is 298 g/mol. The number of H-pyrrole nitrogens is 1. The molecule has 0 bridgehead atoms. The molecule has 1 aliphatic rings. The Morgan fingerprint density at radius 3 is 2.84 bits per heavy atom. The molecule has 2 heterocycles. The van der Waals surface area contributed by atoms with Crippen molar-refractivity contribution in [3.63, 3.8) is 0 Å². The first-order chi connectivity index (χ1) is 9.24. The van der Waals surface area contributed by atoms with Crippen LogP contribution in [0.4, 0.5) is 0 Å². The van der Waals surface area contributed by atoms with E-state index in [4.69, 9.17) is 23.8 Å². The van der Waals surface area contributed by atoms with Crippen LogP contribution in [0, 0.1) is 4.77 Å². The van der Waals surface area contributed by atoms with Crippen LogP contribution in [-0.2, 0) is 6.54 Å². The van der Waals surface area contributed by atoms with Crippen molar-refractivity contribution in [3.05, 3.63) is 28.0 Å². The van der Waals surface area contributed by atoms with Crippen LogP contribution in [0.5, 0.6) is 0 Å². The molecule has 1 saturated heterocycles. The summed E-state index contributed by atoms with van der Waals surface area (Å²) in [5.41, 5.74) is 2.16. The molecule has 0 unspecified atom stereocenters. The van der Waals surface area contributed by atoms with Crippen molar-refractivity contribution in [1.82, 2.24) is 14.5 Å². The van der Waals surface area contributed by atoms with Crippen LogP contribution < -0.4 is 0 Å². The van der Waals surface area contributed by atoms with Gasteiger partial charge in [0.2, 0.25) is 0 Å². The minimum Gasteiger partial charge on any atom is -0.331 e. The molecule has 1 aromatic heterocycles. The van der Waals surface area contributed by atoms with Crippen molar-refractivity contribution < 1.29 is 0 Å². The number of hydrogen-bond acceptors (Lipinski definition) is 3. The van der Waals surface area contributed by atoms with Gasteiger partial charge in [-0.1, -0.05) is 11.6 Å². The molecular formula is C13H16ClN3S2. The van der Waals surface area contributed by atoms with Crippen LogP contribution in [0.15, 0.2) is 18.2 Å². The van der Waals surface area contributed by atoms with Crippen molar-refractivity contribution >= 4 is 46.6 Å². The molecule has 0 saturated carbocycles. The third-order valence-electron chi connectivity index (χ3n) is 3.48. The molecule has 1 N–H and O–H groups in total. The topological polar surface area (TPSA) is 24.0 Å². The summed E-state index contributed by atoms with van der Waals surface area (Å²) in [4.78, 5) is 5.74. The lowest BCUT2D eigenvalue weighted by molar-refractivity contribution is 0.290. The van der Waals surface area contributed by atoms with E-state index in [2.05, 4.69) is 14.5 Å². The third kappa shape index (κ3) is 2.99. The summed E-state index contributed by atoms with van der Waals surface area (Å²) in [7, 11) is 0. The second-order valence-corrected chi connectivity index (χ2v) is 6.75. The number of benzene rings is 1. The summed E-state index contributed by atoms with van der Waals surface area (Å²) in [6, 6.07) is 5.86. The first-order valence-corrected chi connectivity index (χ1v) is 8.36. The summed E-state index contributed by atoms with van der Waals surface area (Å²) >= 11 is 13.5. The molecule has 0 radical (unpaired) electrons. The van der Waals surface area contributed by atoms with Gasteiger partial charge in [-0.25, -0.2) is 0 Å². The van der Waals surface area contributed by atoms with Gasteiger partial charge in [-0.05, 0) is 30.4 Å². The fraction of sp³-hybridized carbons (Fsp3) is 0.462. The number of aromatic amines is 1. The minimum absolute atomic E-state index is 0.754. The average molecular weight is 314 g/mol. The van der Waals surface area contributed by atoms with Crippen molar-refractivity contribution in [2.75, 3.05) is 31.1 Å². The first-order valence-electron chi connectivity index (χ1n) is 6.42. The van der Waals surface area contributed by atoms with E-state index in [1.54, 1.807) is 0 Å². The number of thioether (sulfide) groups is 1. The Balaban J connectivity index is 1.81. The molecule has 6 heteroatoms. The molecule has 19 heavy (non-hydrogen) atoms. The van der Waals surface area contributed by atoms with Gasteiger partial charge in [0.1, 0.15) is 0 Å². The molecule has 2 aromatic rings. The Morgan fingerprint density at radius 1 is 1.26 bits per heavy atom. The molecule has 1 aliphatic heterocycles. The Morgan fingerprint density at radius 2 is 2.05 bits per heavy atom. The van der Waals surface area contributed by atoms with E-state index >= 15 is 0 Å². The molecule has 0 aliphatic carbocycles. The smallest absolute Gasteiger partial charge is 0.178 e. The van der Waals surface area contributed by atoms with Crippen LogP contribution >= 0.6 is 35.6 Å². The van der Waals surface area contributed by atoms with Crippen LogP contribution in [0.2, 0.25) is 5.02 Å². The van der Waals surface area contributed by atoms with Gasteiger partial charge in [-0.2, -0.15) is 11.8 Å². The Kier molecular flexibility index (Phi) is 4.17. The number of hydrogen-bond donors (Lipinski definition) is 1. The Labute approximate surface area is 126 Å². The number of halogens is 1. The molecule has 3 nitrogen and oxygen atoms in total. The molecule has 3 rings (SSSR count). The fourth-order valence-corrected chi connectivity index (χ4v) is 3.86. The maximum atomic E-state index is 6.07. The molecule has 0 atom stereocenters. The van der Waals surface area contributed by atoms with Gasteiger partial charge in [0.05, 0.1) is 11.0 Å². The van der Waals surface area contributed by atoms with E-state index < -0.39 is 0 Å². The average Bonchev–Trinajstić information content (AvgIpc) is 2.73. The van der Waals surface area contributed by atoms with Crippen molar-refractivity contribution in [3.8, 4) is 0 Å². The summed E-state index contributed by atoms with van der Waals surface area (Å²) in [6.45, 7) is 4.33. The van der Waals surface area contributed by atoms with Crippen LogP contribution in [0.25, 0.3) is 11.0 Å². The highest BCUT2D eigenvalue weighted by molar-refractivity contribution is 7.99. The van der Waals surface area contributed by atoms with Gasteiger partial charge in [0.15, 0.2) is 4.77 Å². The number of rotatable bonds is 3. The highest BCUT2D eigenvalue weighted by Gasteiger charge is 2.11. The fourth-order valence-electron chi connectivity index (χ4n) is 2.41. The van der Waals surface area contributed by atoms with E-state index in [0.717, 1.165) is 33.9 Å². The number of nitrogens with zero attached hydrogens (tertiary/aromatic N) is 2. The van der Waals surface area contributed by atoms with Crippen molar-refractivity contribution in [2.45, 2.75) is 6.54 Å². The molecule has 0 amide bonds. The van der Waals surface area contributed by atoms with Gasteiger partial charge < -0.3 is 9.55 Å². The molecule has 0 spiro atoms. The maximum absolute atomic E-state index is 6.07. The lowest BCUT2D eigenvalue weighted by atomic mass is 10.3. The van der Waals surface area contributed by atoms with Crippen LogP contribution in [0.3, 0.4) is 0 Å². The zero-order valence-electron chi connectivity index (χ0n) is 10.6. The van der Waals surface area contributed by atoms with Crippen molar-refractivity contribution in [2.24, 2.45) is 0 Å². The van der Waals surface area contributed by atoms with Gasteiger partial charge in [0, 0.05) is 42.7 Å². The summed E-state index contributed by atoms with van der Waals surface area (Å²) < 4.78 is 2.93. The van der Waals surface area contributed by atoms with E-state index in [-0.39, 0.29) is 0 Å². The van der Waals surface area contributed by atoms with Crippen LogP contribution in [-0.4, -0.2) is 45.6 Å². The van der Waals surface area contributed by atoms with E-state index in [1.807, 2.05) is 30.0 Å². The second-order valence-electron chi connectivity index (χ2n) is 4.70. The molecule has 102 valence electrons. The van der Waals surface area contributed by atoms with Gasteiger partial charge in [-0.15, -0.1) is 0 Å². The lowest BCUT2D eigenvalue weighted by Gasteiger charge is -2.26. The quantitative estimate of drug-likeness (QED) is 0.879. The van der Waals surface area contributed by atoms with E-state index in [9.17, 15) is 0 Å². The van der Waals surface area contributed by atoms with Gasteiger partial charge in [0.25, 0.3) is 0 Å². The standard InChI is InChI=1S/C13H16ClN3S2/c14-10-1-2-11-12(9-10)17(13(18)15-11)4-3-16-5-7-19-8-6-16/h1-2,9H,3-8H2,(H,15,18). The molecule has 1 aromatic carbocycles.